The van der Waals surface area contributed by atoms with Crippen LogP contribution in [0.15, 0.2) is 0 Å². The molecule has 2 amide bonds. The zero-order chi connectivity index (χ0) is 16.8. The Morgan fingerprint density at radius 3 is 1.38 bits per heavy atom. The first kappa shape index (κ1) is 17.7. The van der Waals surface area contributed by atoms with E-state index in [0.29, 0.717) is 26.4 Å². The number of carbonyl (C=O) groups excluding carboxylic acids is 2. The van der Waals surface area contributed by atoms with Crippen LogP contribution in [0.1, 0.15) is 51.4 Å². The molecule has 0 radical (unpaired) electrons. The fourth-order valence-electron chi connectivity index (χ4n) is 4.00. The van der Waals surface area contributed by atoms with Gasteiger partial charge in [0, 0.05) is 50.3 Å². The molecule has 2 saturated heterocycles. The van der Waals surface area contributed by atoms with Gasteiger partial charge in [0.05, 0.1) is 0 Å². The molecule has 2 aliphatic heterocycles. The van der Waals surface area contributed by atoms with Gasteiger partial charge in [0.1, 0.15) is 0 Å². The third-order valence-electron chi connectivity index (χ3n) is 5.61. The number of rotatable bonds is 4. The van der Waals surface area contributed by atoms with Gasteiger partial charge in [-0.2, -0.15) is 0 Å². The molecule has 3 aliphatic rings. The van der Waals surface area contributed by atoms with Crippen LogP contribution in [0.25, 0.3) is 0 Å². The molecule has 0 aromatic heterocycles. The summed E-state index contributed by atoms with van der Waals surface area (Å²) in [5.41, 5.74) is 0. The summed E-state index contributed by atoms with van der Waals surface area (Å²) in [7, 11) is 0. The Kier molecular flexibility index (Phi) is 6.49. The number of nitrogens with one attached hydrogen (secondary N) is 2. The summed E-state index contributed by atoms with van der Waals surface area (Å²) >= 11 is 0. The molecule has 2 atom stereocenters. The van der Waals surface area contributed by atoms with Crippen molar-refractivity contribution in [2.45, 2.75) is 63.5 Å². The molecule has 2 unspecified atom stereocenters. The lowest BCUT2D eigenvalue weighted by Gasteiger charge is -2.35. The van der Waals surface area contributed by atoms with Crippen molar-refractivity contribution in [1.82, 2.24) is 10.6 Å². The lowest BCUT2D eigenvalue weighted by Crippen LogP contribution is -2.55. The van der Waals surface area contributed by atoms with E-state index in [4.69, 9.17) is 9.47 Å². The van der Waals surface area contributed by atoms with Gasteiger partial charge in [0.25, 0.3) is 0 Å². The molecule has 0 bridgehead atoms. The average Bonchev–Trinajstić information content (AvgIpc) is 2.64. The first-order valence-electron chi connectivity index (χ1n) is 9.50. The van der Waals surface area contributed by atoms with E-state index in [9.17, 15) is 9.59 Å². The maximum Gasteiger partial charge on any atom is 0.223 e. The number of hydrogen-bond donors (Lipinski definition) is 2. The summed E-state index contributed by atoms with van der Waals surface area (Å²) in [6.45, 7) is 2.69. The molecule has 0 aromatic rings. The van der Waals surface area contributed by atoms with Gasteiger partial charge < -0.3 is 20.1 Å². The smallest absolute Gasteiger partial charge is 0.223 e. The Morgan fingerprint density at radius 1 is 0.625 bits per heavy atom. The summed E-state index contributed by atoms with van der Waals surface area (Å²) in [5, 5.41) is 6.43. The number of hydrogen-bond acceptors (Lipinski definition) is 4. The van der Waals surface area contributed by atoms with Gasteiger partial charge in [0.15, 0.2) is 0 Å². The van der Waals surface area contributed by atoms with E-state index < -0.39 is 0 Å². The molecule has 136 valence electrons. The van der Waals surface area contributed by atoms with Crippen molar-refractivity contribution in [1.29, 1.82) is 0 Å². The maximum absolute atomic E-state index is 12.5. The minimum atomic E-state index is 0.0625. The molecular weight excluding hydrogens is 308 g/mol. The van der Waals surface area contributed by atoms with Gasteiger partial charge in [0.2, 0.25) is 11.8 Å². The van der Waals surface area contributed by atoms with Crippen LogP contribution in [0.4, 0.5) is 0 Å². The number of carbonyl (C=O) groups is 2. The molecule has 0 aromatic carbocycles. The summed E-state index contributed by atoms with van der Waals surface area (Å²) in [4.78, 5) is 25.0. The van der Waals surface area contributed by atoms with Crippen molar-refractivity contribution in [3.05, 3.63) is 0 Å². The lowest BCUT2D eigenvalue weighted by molar-refractivity contribution is -0.131. The van der Waals surface area contributed by atoms with E-state index in [-0.39, 0.29) is 35.7 Å². The zero-order valence-corrected chi connectivity index (χ0v) is 14.4. The lowest BCUT2D eigenvalue weighted by atomic mass is 9.88. The first-order chi connectivity index (χ1) is 11.7. The molecule has 2 heterocycles. The Balaban J connectivity index is 1.52. The van der Waals surface area contributed by atoms with E-state index in [1.807, 2.05) is 0 Å². The Morgan fingerprint density at radius 2 is 1.00 bits per heavy atom. The molecule has 3 rings (SSSR count). The van der Waals surface area contributed by atoms with Crippen molar-refractivity contribution < 1.29 is 19.1 Å². The van der Waals surface area contributed by atoms with E-state index in [1.54, 1.807) is 0 Å². The van der Waals surface area contributed by atoms with Crippen LogP contribution >= 0.6 is 0 Å². The third kappa shape index (κ3) is 4.70. The maximum atomic E-state index is 12.5. The molecular formula is C18H30N2O4. The molecule has 24 heavy (non-hydrogen) atoms. The summed E-state index contributed by atoms with van der Waals surface area (Å²) in [6.07, 6.45) is 7.34. The molecule has 6 nitrogen and oxygen atoms in total. The minimum Gasteiger partial charge on any atom is -0.381 e. The second-order valence-corrected chi connectivity index (χ2v) is 7.29. The van der Waals surface area contributed by atoms with Gasteiger partial charge in [-0.15, -0.1) is 0 Å². The Bertz CT molecular complexity index is 391. The van der Waals surface area contributed by atoms with E-state index in [2.05, 4.69) is 10.6 Å². The molecule has 1 aliphatic carbocycles. The quantitative estimate of drug-likeness (QED) is 0.812. The second-order valence-electron chi connectivity index (χ2n) is 7.29. The van der Waals surface area contributed by atoms with Gasteiger partial charge in [-0.1, -0.05) is 12.8 Å². The van der Waals surface area contributed by atoms with Crippen molar-refractivity contribution >= 4 is 11.8 Å². The molecule has 2 N–H and O–H groups in total. The fourth-order valence-corrected chi connectivity index (χ4v) is 4.00. The molecule has 6 heteroatoms. The van der Waals surface area contributed by atoms with E-state index in [1.165, 1.54) is 0 Å². The highest BCUT2D eigenvalue weighted by Crippen LogP contribution is 2.22. The van der Waals surface area contributed by atoms with Crippen molar-refractivity contribution in [3.63, 3.8) is 0 Å². The highest BCUT2D eigenvalue weighted by atomic mass is 16.5. The van der Waals surface area contributed by atoms with Crippen molar-refractivity contribution in [3.8, 4) is 0 Å². The van der Waals surface area contributed by atoms with E-state index >= 15 is 0 Å². The van der Waals surface area contributed by atoms with Crippen LogP contribution in [-0.4, -0.2) is 50.3 Å². The zero-order valence-electron chi connectivity index (χ0n) is 14.4. The summed E-state index contributed by atoms with van der Waals surface area (Å²) in [6, 6.07) is 0.135. The second kappa shape index (κ2) is 8.81. The third-order valence-corrected chi connectivity index (χ3v) is 5.61. The Hall–Kier alpha value is -1.14. The summed E-state index contributed by atoms with van der Waals surface area (Å²) in [5.74, 6) is 0.395. The highest BCUT2D eigenvalue weighted by Gasteiger charge is 2.32. The van der Waals surface area contributed by atoms with Crippen LogP contribution in [0.2, 0.25) is 0 Å². The predicted octanol–water partition coefficient (Wildman–Crippen LogP) is 1.38. The van der Waals surface area contributed by atoms with E-state index in [0.717, 1.165) is 51.4 Å². The number of amides is 2. The van der Waals surface area contributed by atoms with Gasteiger partial charge in [-0.3, -0.25) is 9.59 Å². The minimum absolute atomic E-state index is 0.0625. The Labute approximate surface area is 144 Å². The van der Waals surface area contributed by atoms with Crippen LogP contribution in [0.5, 0.6) is 0 Å². The first-order valence-corrected chi connectivity index (χ1v) is 9.50. The SMILES string of the molecule is O=C(NC1CCCCC1NC(=O)C1CCOCC1)C1CCOCC1. The molecule has 3 fully saturated rings. The predicted molar refractivity (Wildman–Crippen MR) is 89.4 cm³/mol. The van der Waals surface area contributed by atoms with Crippen LogP contribution in [-0.2, 0) is 19.1 Å². The largest absolute Gasteiger partial charge is 0.381 e. The van der Waals surface area contributed by atoms with Crippen LogP contribution < -0.4 is 10.6 Å². The van der Waals surface area contributed by atoms with Gasteiger partial charge in [-0.05, 0) is 38.5 Å². The van der Waals surface area contributed by atoms with Gasteiger partial charge in [-0.25, -0.2) is 0 Å². The number of ether oxygens (including phenoxy) is 2. The molecule has 1 saturated carbocycles. The van der Waals surface area contributed by atoms with Crippen LogP contribution in [0, 0.1) is 11.8 Å². The topological polar surface area (TPSA) is 76.7 Å². The fraction of sp³-hybridized carbons (Fsp3) is 0.889. The van der Waals surface area contributed by atoms with Crippen molar-refractivity contribution in [2.75, 3.05) is 26.4 Å². The van der Waals surface area contributed by atoms with Gasteiger partial charge >= 0.3 is 0 Å². The summed E-state index contributed by atoms with van der Waals surface area (Å²) < 4.78 is 10.7. The standard InChI is InChI=1S/C18H30N2O4/c21-17(13-5-9-23-10-6-13)19-15-3-1-2-4-16(15)20-18(22)14-7-11-24-12-8-14/h13-16H,1-12H2,(H,19,21)(H,20,22). The molecule has 0 spiro atoms. The monoisotopic (exact) mass is 338 g/mol. The normalized spacial score (nSPS) is 29.8. The van der Waals surface area contributed by atoms with Crippen molar-refractivity contribution in [2.24, 2.45) is 11.8 Å². The average molecular weight is 338 g/mol. The van der Waals surface area contributed by atoms with Crippen LogP contribution in [0.3, 0.4) is 0 Å². The highest BCUT2D eigenvalue weighted by molar-refractivity contribution is 5.80.